The second kappa shape index (κ2) is 4.80. The Morgan fingerprint density at radius 3 is 2.53 bits per heavy atom. The topological polar surface area (TPSA) is 26.0 Å². The number of rotatable bonds is 5. The molecule has 0 heterocycles. The predicted molar refractivity (Wildman–Crippen MR) is 64.8 cm³/mol. The van der Waals surface area contributed by atoms with E-state index in [4.69, 9.17) is 5.73 Å². The Hall–Kier alpha value is -0.820. The molecule has 1 fully saturated rings. The molecule has 1 aromatic rings. The van der Waals surface area contributed by atoms with Gasteiger partial charge in [0.1, 0.15) is 0 Å². The predicted octanol–water partition coefficient (Wildman–Crippen LogP) is 3.06. The van der Waals surface area contributed by atoms with Gasteiger partial charge in [-0.25, -0.2) is 0 Å². The average Bonchev–Trinajstić information content (AvgIpc) is 3.04. The molecule has 0 radical (unpaired) electrons. The van der Waals surface area contributed by atoms with Crippen LogP contribution in [-0.4, -0.2) is 6.04 Å². The van der Waals surface area contributed by atoms with Crippen LogP contribution >= 0.6 is 0 Å². The smallest absolute Gasteiger partial charge is 0.00672 e. The maximum Gasteiger partial charge on any atom is 0.00672 e. The third-order valence-corrected chi connectivity index (χ3v) is 3.35. The van der Waals surface area contributed by atoms with Crippen LogP contribution in [0.15, 0.2) is 24.3 Å². The van der Waals surface area contributed by atoms with E-state index >= 15 is 0 Å². The van der Waals surface area contributed by atoms with Gasteiger partial charge in [-0.3, -0.25) is 0 Å². The van der Waals surface area contributed by atoms with Gasteiger partial charge in [-0.2, -0.15) is 0 Å². The lowest BCUT2D eigenvalue weighted by Crippen LogP contribution is -2.22. The molecule has 0 bridgehead atoms. The van der Waals surface area contributed by atoms with E-state index in [1.165, 1.54) is 43.2 Å². The van der Waals surface area contributed by atoms with Crippen LogP contribution < -0.4 is 5.73 Å². The van der Waals surface area contributed by atoms with Crippen molar-refractivity contribution in [1.29, 1.82) is 0 Å². The summed E-state index contributed by atoms with van der Waals surface area (Å²) in [7, 11) is 0. The van der Waals surface area contributed by atoms with Gasteiger partial charge in [0.05, 0.1) is 0 Å². The van der Waals surface area contributed by atoms with E-state index < -0.39 is 0 Å². The van der Waals surface area contributed by atoms with Crippen molar-refractivity contribution in [2.24, 2.45) is 11.7 Å². The largest absolute Gasteiger partial charge is 0.327 e. The highest BCUT2D eigenvalue weighted by Crippen LogP contribution is 2.33. The van der Waals surface area contributed by atoms with Crippen LogP contribution in [0.1, 0.15) is 36.8 Å². The van der Waals surface area contributed by atoms with Crippen LogP contribution in [0.3, 0.4) is 0 Å². The molecule has 1 aromatic carbocycles. The number of hydrogen-bond acceptors (Lipinski definition) is 1. The van der Waals surface area contributed by atoms with E-state index in [1.54, 1.807) is 0 Å². The molecule has 1 atom stereocenters. The van der Waals surface area contributed by atoms with E-state index in [0.717, 1.165) is 5.92 Å². The van der Waals surface area contributed by atoms with Crippen LogP contribution in [0.25, 0.3) is 0 Å². The number of nitrogens with two attached hydrogens (primary N) is 1. The molecule has 0 amide bonds. The Kier molecular flexibility index (Phi) is 3.42. The first-order valence-corrected chi connectivity index (χ1v) is 6.07. The molecule has 82 valence electrons. The summed E-state index contributed by atoms with van der Waals surface area (Å²) in [5.74, 6) is 0.850. The van der Waals surface area contributed by atoms with Crippen LogP contribution in [-0.2, 0) is 6.42 Å². The Balaban J connectivity index is 1.70. The van der Waals surface area contributed by atoms with Gasteiger partial charge in [0.25, 0.3) is 0 Å². The van der Waals surface area contributed by atoms with E-state index in [1.807, 2.05) is 0 Å². The average molecular weight is 203 g/mol. The van der Waals surface area contributed by atoms with E-state index in [-0.39, 0.29) is 0 Å². The van der Waals surface area contributed by atoms with Crippen molar-refractivity contribution in [2.75, 3.05) is 0 Å². The zero-order chi connectivity index (χ0) is 10.7. The molecule has 2 rings (SSSR count). The van der Waals surface area contributed by atoms with Crippen molar-refractivity contribution < 1.29 is 0 Å². The molecule has 1 saturated carbocycles. The van der Waals surface area contributed by atoms with Crippen molar-refractivity contribution in [1.82, 2.24) is 0 Å². The number of benzene rings is 1. The highest BCUT2D eigenvalue weighted by molar-refractivity contribution is 5.21. The van der Waals surface area contributed by atoms with Gasteiger partial charge in [-0.1, -0.05) is 29.8 Å². The van der Waals surface area contributed by atoms with Gasteiger partial charge in [0.2, 0.25) is 0 Å². The van der Waals surface area contributed by atoms with Crippen molar-refractivity contribution in [2.45, 2.75) is 45.1 Å². The zero-order valence-electron chi connectivity index (χ0n) is 9.58. The Morgan fingerprint density at radius 2 is 1.93 bits per heavy atom. The van der Waals surface area contributed by atoms with Crippen LogP contribution in [0.4, 0.5) is 0 Å². The maximum atomic E-state index is 6.07. The first-order valence-electron chi connectivity index (χ1n) is 6.07. The van der Waals surface area contributed by atoms with Gasteiger partial charge in [-0.05, 0) is 50.5 Å². The quantitative estimate of drug-likeness (QED) is 0.782. The standard InChI is InChI=1S/C14H21N/c1-11-5-7-12(8-6-11)3-2-4-14(15)13-9-10-13/h5-8,13-14H,2-4,9-10,15H2,1H3. The minimum atomic E-state index is 0.468. The molecule has 15 heavy (non-hydrogen) atoms. The van der Waals surface area contributed by atoms with Gasteiger partial charge < -0.3 is 5.73 Å². The summed E-state index contributed by atoms with van der Waals surface area (Å²) >= 11 is 0. The van der Waals surface area contributed by atoms with E-state index in [9.17, 15) is 0 Å². The lowest BCUT2D eigenvalue weighted by Gasteiger charge is -2.09. The van der Waals surface area contributed by atoms with E-state index in [2.05, 4.69) is 31.2 Å². The fraction of sp³-hybridized carbons (Fsp3) is 0.571. The molecule has 0 aliphatic heterocycles. The van der Waals surface area contributed by atoms with Gasteiger partial charge in [0, 0.05) is 6.04 Å². The van der Waals surface area contributed by atoms with Crippen LogP contribution in [0.2, 0.25) is 0 Å². The lowest BCUT2D eigenvalue weighted by atomic mass is 10.0. The number of aryl methyl sites for hydroxylation is 2. The molecule has 1 unspecified atom stereocenters. The number of hydrogen-bond donors (Lipinski definition) is 1. The summed E-state index contributed by atoms with van der Waals surface area (Å²) in [6, 6.07) is 9.32. The summed E-state index contributed by atoms with van der Waals surface area (Å²) < 4.78 is 0. The van der Waals surface area contributed by atoms with Crippen molar-refractivity contribution in [3.63, 3.8) is 0 Å². The second-order valence-corrected chi connectivity index (χ2v) is 4.88. The third-order valence-electron chi connectivity index (χ3n) is 3.35. The van der Waals surface area contributed by atoms with E-state index in [0.29, 0.717) is 6.04 Å². The normalized spacial score (nSPS) is 17.7. The second-order valence-electron chi connectivity index (χ2n) is 4.88. The molecular weight excluding hydrogens is 182 g/mol. The molecular formula is C14H21N. The van der Waals surface area contributed by atoms with Crippen molar-refractivity contribution in [3.8, 4) is 0 Å². The minimum Gasteiger partial charge on any atom is -0.327 e. The molecule has 1 heteroatoms. The lowest BCUT2D eigenvalue weighted by molar-refractivity contribution is 0.528. The molecule has 1 nitrogen and oxygen atoms in total. The maximum absolute atomic E-state index is 6.07. The summed E-state index contributed by atoms with van der Waals surface area (Å²) in [6.45, 7) is 2.13. The van der Waals surface area contributed by atoms with Crippen LogP contribution in [0.5, 0.6) is 0 Å². The molecule has 0 saturated heterocycles. The molecule has 1 aliphatic rings. The summed E-state index contributed by atoms with van der Waals surface area (Å²) in [5.41, 5.74) is 8.86. The minimum absolute atomic E-state index is 0.468. The highest BCUT2D eigenvalue weighted by Gasteiger charge is 2.27. The van der Waals surface area contributed by atoms with Gasteiger partial charge in [-0.15, -0.1) is 0 Å². The zero-order valence-corrected chi connectivity index (χ0v) is 9.58. The molecule has 0 spiro atoms. The Morgan fingerprint density at radius 1 is 1.27 bits per heavy atom. The SMILES string of the molecule is Cc1ccc(CCCC(N)C2CC2)cc1. The van der Waals surface area contributed by atoms with Gasteiger partial charge >= 0.3 is 0 Å². The first-order chi connectivity index (χ1) is 7.25. The Bertz CT molecular complexity index is 298. The van der Waals surface area contributed by atoms with Crippen molar-refractivity contribution >= 4 is 0 Å². The fourth-order valence-electron chi connectivity index (χ4n) is 2.06. The molecule has 1 aliphatic carbocycles. The monoisotopic (exact) mass is 203 g/mol. The van der Waals surface area contributed by atoms with Crippen LogP contribution in [0, 0.1) is 12.8 Å². The summed E-state index contributed by atoms with van der Waals surface area (Å²) in [6.07, 6.45) is 6.34. The van der Waals surface area contributed by atoms with Crippen molar-refractivity contribution in [3.05, 3.63) is 35.4 Å². The third kappa shape index (κ3) is 3.35. The summed E-state index contributed by atoms with van der Waals surface area (Å²) in [4.78, 5) is 0. The molecule has 2 N–H and O–H groups in total. The fourth-order valence-corrected chi connectivity index (χ4v) is 2.06. The molecule has 0 aromatic heterocycles. The Labute approximate surface area is 92.7 Å². The highest BCUT2D eigenvalue weighted by atomic mass is 14.7. The van der Waals surface area contributed by atoms with Gasteiger partial charge in [0.15, 0.2) is 0 Å². The summed E-state index contributed by atoms with van der Waals surface area (Å²) in [5, 5.41) is 0. The first kappa shape index (κ1) is 10.7.